The second-order valence-corrected chi connectivity index (χ2v) is 3.58. The van der Waals surface area contributed by atoms with Gasteiger partial charge in [0.25, 0.3) is 0 Å². The highest BCUT2D eigenvalue weighted by Gasteiger charge is 2.17. The maximum Gasteiger partial charge on any atom is 0.0752 e. The average Bonchev–Trinajstić information content (AvgIpc) is 2.26. The monoisotopic (exact) mass is 189 g/mol. The minimum absolute atomic E-state index is 0.364. The van der Waals surface area contributed by atoms with Crippen LogP contribution in [0.2, 0.25) is 0 Å². The highest BCUT2D eigenvalue weighted by Crippen LogP contribution is 2.25. The molecular weight excluding hydrogens is 174 g/mol. The smallest absolute Gasteiger partial charge is 0.0752 e. The molecule has 1 aromatic rings. The summed E-state index contributed by atoms with van der Waals surface area (Å²) < 4.78 is 0. The Kier molecular flexibility index (Phi) is 2.84. The van der Waals surface area contributed by atoms with Crippen molar-refractivity contribution in [2.24, 2.45) is 0 Å². The van der Waals surface area contributed by atoms with Crippen LogP contribution in [-0.2, 0) is 6.42 Å². The van der Waals surface area contributed by atoms with Gasteiger partial charge in [-0.05, 0) is 36.6 Å². The number of benzene rings is 1. The Morgan fingerprint density at radius 1 is 1.43 bits per heavy atom. The van der Waals surface area contributed by atoms with Crippen LogP contribution in [0.5, 0.6) is 0 Å². The first kappa shape index (κ1) is 9.28. The van der Waals surface area contributed by atoms with Gasteiger partial charge in [-0.3, -0.25) is 0 Å². The fourth-order valence-corrected chi connectivity index (χ4v) is 2.00. The molecule has 0 fully saturated rings. The lowest BCUT2D eigenvalue weighted by atomic mass is 9.93. The molecule has 2 rings (SSSR count). The average molecular weight is 189 g/mol. The van der Waals surface area contributed by atoms with E-state index in [-0.39, 0.29) is 0 Å². The van der Waals surface area contributed by atoms with Gasteiger partial charge in [0.2, 0.25) is 0 Å². The normalized spacial score (nSPS) is 21.0. The molecule has 0 radical (unpaired) electrons. The van der Waals surface area contributed by atoms with E-state index in [1.54, 1.807) is 6.08 Å². The minimum atomic E-state index is 0.364. The van der Waals surface area contributed by atoms with Gasteiger partial charge in [0.05, 0.1) is 6.26 Å². The van der Waals surface area contributed by atoms with Crippen LogP contribution in [0.4, 0.5) is 0 Å². The zero-order chi connectivity index (χ0) is 9.80. The Hall–Kier alpha value is -1.28. The van der Waals surface area contributed by atoms with Gasteiger partial charge in [-0.25, -0.2) is 0 Å². The second kappa shape index (κ2) is 4.29. The van der Waals surface area contributed by atoms with Crippen molar-refractivity contribution in [1.29, 1.82) is 0 Å². The molecule has 0 amide bonds. The molecule has 2 heteroatoms. The van der Waals surface area contributed by atoms with Crippen LogP contribution in [-0.4, -0.2) is 11.7 Å². The van der Waals surface area contributed by atoms with E-state index in [0.717, 1.165) is 25.6 Å². The molecule has 0 aliphatic carbocycles. The fraction of sp³-hybridized carbons (Fsp3) is 0.333. The molecule has 2 nitrogen and oxygen atoms in total. The quantitative estimate of drug-likeness (QED) is 0.700. The van der Waals surface area contributed by atoms with Crippen molar-refractivity contribution in [2.75, 3.05) is 6.54 Å². The summed E-state index contributed by atoms with van der Waals surface area (Å²) >= 11 is 0. The van der Waals surface area contributed by atoms with Gasteiger partial charge in [0, 0.05) is 6.04 Å². The summed E-state index contributed by atoms with van der Waals surface area (Å²) in [7, 11) is 0. The van der Waals surface area contributed by atoms with Gasteiger partial charge in [-0.2, -0.15) is 0 Å². The number of aliphatic hydroxyl groups excluding tert-OH is 1. The lowest BCUT2D eigenvalue weighted by Gasteiger charge is -2.25. The maximum atomic E-state index is 8.64. The first-order chi connectivity index (χ1) is 6.92. The van der Waals surface area contributed by atoms with Crippen LogP contribution >= 0.6 is 0 Å². The van der Waals surface area contributed by atoms with Gasteiger partial charge in [0.1, 0.15) is 0 Å². The molecule has 1 heterocycles. The van der Waals surface area contributed by atoms with Crippen molar-refractivity contribution in [3.8, 4) is 0 Å². The van der Waals surface area contributed by atoms with Crippen LogP contribution in [0, 0.1) is 0 Å². The van der Waals surface area contributed by atoms with Crippen molar-refractivity contribution in [1.82, 2.24) is 5.32 Å². The van der Waals surface area contributed by atoms with Crippen LogP contribution in [0.3, 0.4) is 0 Å². The van der Waals surface area contributed by atoms with E-state index in [1.807, 2.05) is 0 Å². The topological polar surface area (TPSA) is 32.3 Å². The molecule has 14 heavy (non-hydrogen) atoms. The first-order valence-electron chi connectivity index (χ1n) is 5.02. The SMILES string of the molecule is OC=CCC1NCCc2ccccc21. The highest BCUT2D eigenvalue weighted by atomic mass is 16.2. The number of rotatable bonds is 2. The van der Waals surface area contributed by atoms with E-state index in [2.05, 4.69) is 29.6 Å². The Labute approximate surface area is 84.3 Å². The molecule has 0 bridgehead atoms. The zero-order valence-electron chi connectivity index (χ0n) is 8.11. The van der Waals surface area contributed by atoms with E-state index in [4.69, 9.17) is 5.11 Å². The highest BCUT2D eigenvalue weighted by molar-refractivity contribution is 5.32. The summed E-state index contributed by atoms with van der Waals surface area (Å²) in [6.07, 6.45) is 4.88. The molecule has 1 aromatic carbocycles. The molecule has 2 N–H and O–H groups in total. The van der Waals surface area contributed by atoms with Gasteiger partial charge in [-0.1, -0.05) is 24.3 Å². The Morgan fingerprint density at radius 2 is 2.29 bits per heavy atom. The molecular formula is C12H15NO. The summed E-state index contributed by atoms with van der Waals surface area (Å²) in [4.78, 5) is 0. The zero-order valence-corrected chi connectivity index (χ0v) is 8.11. The van der Waals surface area contributed by atoms with Crippen molar-refractivity contribution >= 4 is 0 Å². The van der Waals surface area contributed by atoms with E-state index in [1.165, 1.54) is 11.1 Å². The van der Waals surface area contributed by atoms with Gasteiger partial charge in [-0.15, -0.1) is 0 Å². The largest absolute Gasteiger partial charge is 0.516 e. The standard InChI is InChI=1S/C12H15NO/c14-9-3-6-12-11-5-2-1-4-10(11)7-8-13-12/h1-5,9,12-14H,6-8H2. The summed E-state index contributed by atoms with van der Waals surface area (Å²) in [5.74, 6) is 0. The molecule has 74 valence electrons. The number of nitrogens with one attached hydrogen (secondary N) is 1. The predicted octanol–water partition coefficient (Wildman–Crippen LogP) is 2.34. The number of fused-ring (bicyclic) bond motifs is 1. The first-order valence-corrected chi connectivity index (χ1v) is 5.02. The Morgan fingerprint density at radius 3 is 3.14 bits per heavy atom. The number of hydrogen-bond acceptors (Lipinski definition) is 2. The van der Waals surface area contributed by atoms with Gasteiger partial charge >= 0.3 is 0 Å². The van der Waals surface area contributed by atoms with Crippen LogP contribution in [0.15, 0.2) is 36.6 Å². The Balaban J connectivity index is 2.22. The Bertz CT molecular complexity index is 333. The predicted molar refractivity (Wildman–Crippen MR) is 57.3 cm³/mol. The molecule has 0 aromatic heterocycles. The van der Waals surface area contributed by atoms with E-state index >= 15 is 0 Å². The third-order valence-electron chi connectivity index (χ3n) is 2.69. The van der Waals surface area contributed by atoms with Crippen LogP contribution < -0.4 is 5.32 Å². The minimum Gasteiger partial charge on any atom is -0.516 e. The van der Waals surface area contributed by atoms with Crippen LogP contribution in [0.1, 0.15) is 23.6 Å². The molecule has 0 saturated heterocycles. The van der Waals surface area contributed by atoms with Crippen molar-refractivity contribution in [2.45, 2.75) is 18.9 Å². The lowest BCUT2D eigenvalue weighted by Crippen LogP contribution is -2.29. The van der Waals surface area contributed by atoms with Gasteiger partial charge in [0.15, 0.2) is 0 Å². The third kappa shape index (κ3) is 1.80. The maximum absolute atomic E-state index is 8.64. The lowest BCUT2D eigenvalue weighted by molar-refractivity contribution is 0.460. The number of hydrogen-bond donors (Lipinski definition) is 2. The fourth-order valence-electron chi connectivity index (χ4n) is 2.00. The molecule has 1 atom stereocenters. The number of aliphatic hydroxyl groups is 1. The van der Waals surface area contributed by atoms with Crippen molar-refractivity contribution < 1.29 is 5.11 Å². The van der Waals surface area contributed by atoms with Gasteiger partial charge < -0.3 is 10.4 Å². The van der Waals surface area contributed by atoms with E-state index < -0.39 is 0 Å². The summed E-state index contributed by atoms with van der Waals surface area (Å²) in [5.41, 5.74) is 2.81. The second-order valence-electron chi connectivity index (χ2n) is 3.58. The van der Waals surface area contributed by atoms with Crippen molar-refractivity contribution in [3.05, 3.63) is 47.7 Å². The summed E-state index contributed by atoms with van der Waals surface area (Å²) in [6, 6.07) is 8.87. The van der Waals surface area contributed by atoms with Crippen LogP contribution in [0.25, 0.3) is 0 Å². The third-order valence-corrected chi connectivity index (χ3v) is 2.69. The molecule has 1 unspecified atom stereocenters. The van der Waals surface area contributed by atoms with E-state index in [0.29, 0.717) is 6.04 Å². The molecule has 1 aliphatic rings. The molecule has 0 saturated carbocycles. The van der Waals surface area contributed by atoms with E-state index in [9.17, 15) is 0 Å². The summed E-state index contributed by atoms with van der Waals surface area (Å²) in [6.45, 7) is 1.03. The summed E-state index contributed by atoms with van der Waals surface area (Å²) in [5, 5.41) is 12.1. The molecule has 0 spiro atoms. The molecule has 1 aliphatic heterocycles. The van der Waals surface area contributed by atoms with Crippen molar-refractivity contribution in [3.63, 3.8) is 0 Å².